The van der Waals surface area contributed by atoms with Crippen molar-refractivity contribution in [2.75, 3.05) is 11.9 Å². The lowest BCUT2D eigenvalue weighted by molar-refractivity contribution is -0.146. The molecular formula is C21H22N6O3. The summed E-state index contributed by atoms with van der Waals surface area (Å²) in [5.41, 5.74) is 7.24. The minimum Gasteiger partial charge on any atom is -0.365 e. The molecule has 4 rings (SSSR count). The molecule has 0 aliphatic carbocycles. The van der Waals surface area contributed by atoms with Gasteiger partial charge in [0.25, 0.3) is 5.91 Å². The van der Waals surface area contributed by atoms with E-state index in [0.717, 1.165) is 29.3 Å². The molecule has 1 saturated heterocycles. The number of carbonyl (C=O) groups is 3. The number of hydrogen-bond acceptors (Lipinski definition) is 5. The Hall–Kier alpha value is -3.75. The molecule has 9 heteroatoms. The van der Waals surface area contributed by atoms with Gasteiger partial charge in [0.05, 0.1) is 23.3 Å². The fraction of sp³-hybridized carbons (Fsp3) is 0.286. The Morgan fingerprint density at radius 2 is 2.07 bits per heavy atom. The SMILES string of the molecule is C[C@@H]1CC[C@@H](c2ccc3[nH]ncc3c2)N(C(=O)C(=O)Nc2ncccc2C(N)=O)C1. The molecule has 0 bridgehead atoms. The molecule has 9 nitrogen and oxygen atoms in total. The van der Waals surface area contributed by atoms with Crippen molar-refractivity contribution in [1.82, 2.24) is 20.1 Å². The minimum atomic E-state index is -0.848. The molecule has 0 spiro atoms. The highest BCUT2D eigenvalue weighted by atomic mass is 16.2. The molecule has 1 aromatic carbocycles. The number of aromatic amines is 1. The molecule has 2 atom stereocenters. The van der Waals surface area contributed by atoms with E-state index in [4.69, 9.17) is 5.73 Å². The monoisotopic (exact) mass is 406 g/mol. The van der Waals surface area contributed by atoms with Crippen molar-refractivity contribution in [1.29, 1.82) is 0 Å². The second kappa shape index (κ2) is 7.94. The normalized spacial score (nSPS) is 18.9. The Morgan fingerprint density at radius 1 is 1.23 bits per heavy atom. The summed E-state index contributed by atoms with van der Waals surface area (Å²) in [7, 11) is 0. The molecule has 3 heterocycles. The number of pyridine rings is 1. The minimum absolute atomic E-state index is 0.0234. The smallest absolute Gasteiger partial charge is 0.315 e. The number of H-pyrrole nitrogens is 1. The number of piperidine rings is 1. The van der Waals surface area contributed by atoms with Crippen LogP contribution < -0.4 is 11.1 Å². The molecule has 2 aromatic heterocycles. The number of likely N-dealkylation sites (tertiary alicyclic amines) is 1. The number of fused-ring (bicyclic) bond motifs is 1. The average Bonchev–Trinajstić information content (AvgIpc) is 3.21. The highest BCUT2D eigenvalue weighted by Gasteiger charge is 2.34. The van der Waals surface area contributed by atoms with Crippen LogP contribution >= 0.6 is 0 Å². The quantitative estimate of drug-likeness (QED) is 0.572. The number of rotatable bonds is 3. The van der Waals surface area contributed by atoms with Crippen molar-refractivity contribution in [3.05, 3.63) is 53.9 Å². The van der Waals surface area contributed by atoms with Crippen molar-refractivity contribution in [3.8, 4) is 0 Å². The lowest BCUT2D eigenvalue weighted by Crippen LogP contribution is -2.46. The van der Waals surface area contributed by atoms with Crippen LogP contribution in [0.5, 0.6) is 0 Å². The van der Waals surface area contributed by atoms with Crippen LogP contribution in [0.2, 0.25) is 0 Å². The summed E-state index contributed by atoms with van der Waals surface area (Å²) in [5.74, 6) is -2.00. The Morgan fingerprint density at radius 3 is 2.87 bits per heavy atom. The Bertz CT molecular complexity index is 1120. The summed E-state index contributed by atoms with van der Waals surface area (Å²) in [5, 5.41) is 10.3. The van der Waals surface area contributed by atoms with Crippen LogP contribution in [0.4, 0.5) is 5.82 Å². The van der Waals surface area contributed by atoms with Crippen molar-refractivity contribution >= 4 is 34.4 Å². The second-order valence-electron chi connectivity index (χ2n) is 7.59. The first-order chi connectivity index (χ1) is 14.4. The van der Waals surface area contributed by atoms with E-state index in [2.05, 4.69) is 27.4 Å². The molecule has 0 unspecified atom stereocenters. The summed E-state index contributed by atoms with van der Waals surface area (Å²) < 4.78 is 0. The molecule has 4 N–H and O–H groups in total. The third-order valence-electron chi connectivity index (χ3n) is 5.43. The van der Waals surface area contributed by atoms with E-state index in [-0.39, 0.29) is 23.3 Å². The Balaban J connectivity index is 1.59. The molecule has 0 saturated carbocycles. The topological polar surface area (TPSA) is 134 Å². The van der Waals surface area contributed by atoms with Crippen LogP contribution in [-0.4, -0.2) is 44.3 Å². The highest BCUT2D eigenvalue weighted by molar-refractivity contribution is 6.39. The number of amides is 3. The van der Waals surface area contributed by atoms with Crippen molar-refractivity contribution in [2.45, 2.75) is 25.8 Å². The second-order valence-corrected chi connectivity index (χ2v) is 7.59. The summed E-state index contributed by atoms with van der Waals surface area (Å²) in [6.07, 6.45) is 4.85. The van der Waals surface area contributed by atoms with Gasteiger partial charge in [-0.15, -0.1) is 0 Å². The van der Waals surface area contributed by atoms with Crippen LogP contribution in [0, 0.1) is 5.92 Å². The van der Waals surface area contributed by atoms with Gasteiger partial charge < -0.3 is 16.0 Å². The number of nitrogens with two attached hydrogens (primary N) is 1. The lowest BCUT2D eigenvalue weighted by Gasteiger charge is -2.38. The third kappa shape index (κ3) is 3.73. The predicted molar refractivity (Wildman–Crippen MR) is 110 cm³/mol. The molecular weight excluding hydrogens is 384 g/mol. The van der Waals surface area contributed by atoms with E-state index in [1.54, 1.807) is 11.1 Å². The maximum atomic E-state index is 13.1. The standard InChI is InChI=1S/C21H22N6O3/c1-12-4-7-17(13-5-6-16-14(9-13)10-24-26-16)27(11-12)21(30)20(29)25-19-15(18(22)28)3-2-8-23-19/h2-3,5-6,8-10,12,17H,4,7,11H2,1H3,(H2,22,28)(H,24,26)(H,23,25,29)/t12-,17+/m1/s1. The van der Waals surface area contributed by atoms with Crippen molar-refractivity contribution in [3.63, 3.8) is 0 Å². The first-order valence-corrected chi connectivity index (χ1v) is 9.74. The summed E-state index contributed by atoms with van der Waals surface area (Å²) in [4.78, 5) is 42.9. The Kier molecular flexibility index (Phi) is 5.18. The van der Waals surface area contributed by atoms with Crippen molar-refractivity contribution < 1.29 is 14.4 Å². The van der Waals surface area contributed by atoms with Gasteiger partial charge in [-0.3, -0.25) is 19.5 Å². The van der Waals surface area contributed by atoms with Gasteiger partial charge in [-0.05, 0) is 48.6 Å². The first-order valence-electron chi connectivity index (χ1n) is 9.74. The van der Waals surface area contributed by atoms with E-state index < -0.39 is 17.7 Å². The van der Waals surface area contributed by atoms with E-state index in [9.17, 15) is 14.4 Å². The molecule has 1 fully saturated rings. The third-order valence-corrected chi connectivity index (χ3v) is 5.43. The number of benzene rings is 1. The Labute approximate surface area is 172 Å². The van der Waals surface area contributed by atoms with Gasteiger partial charge in [0.2, 0.25) is 0 Å². The van der Waals surface area contributed by atoms with Gasteiger partial charge in [0.15, 0.2) is 0 Å². The molecule has 154 valence electrons. The van der Waals surface area contributed by atoms with E-state index >= 15 is 0 Å². The summed E-state index contributed by atoms with van der Waals surface area (Å²) in [6, 6.07) is 8.61. The number of carbonyl (C=O) groups excluding carboxylic acids is 3. The van der Waals surface area contributed by atoms with Crippen LogP contribution in [0.1, 0.15) is 41.7 Å². The van der Waals surface area contributed by atoms with E-state index in [1.807, 2.05) is 18.2 Å². The largest absolute Gasteiger partial charge is 0.365 e. The van der Waals surface area contributed by atoms with Gasteiger partial charge in [-0.2, -0.15) is 5.10 Å². The lowest BCUT2D eigenvalue weighted by atomic mass is 9.89. The number of primary amides is 1. The molecule has 3 amide bonds. The van der Waals surface area contributed by atoms with Gasteiger partial charge in [-0.1, -0.05) is 13.0 Å². The van der Waals surface area contributed by atoms with Crippen LogP contribution in [0.15, 0.2) is 42.7 Å². The van der Waals surface area contributed by atoms with E-state index in [1.165, 1.54) is 18.3 Å². The van der Waals surface area contributed by atoms with Crippen LogP contribution in [-0.2, 0) is 9.59 Å². The maximum absolute atomic E-state index is 13.1. The number of anilines is 1. The predicted octanol–water partition coefficient (Wildman–Crippen LogP) is 2.00. The number of nitrogens with zero attached hydrogens (tertiary/aromatic N) is 3. The van der Waals surface area contributed by atoms with E-state index in [0.29, 0.717) is 6.54 Å². The molecule has 0 radical (unpaired) electrons. The first kappa shape index (κ1) is 19.6. The molecule has 3 aromatic rings. The van der Waals surface area contributed by atoms with Crippen LogP contribution in [0.3, 0.4) is 0 Å². The zero-order valence-corrected chi connectivity index (χ0v) is 16.5. The zero-order valence-electron chi connectivity index (χ0n) is 16.5. The number of aromatic nitrogens is 3. The summed E-state index contributed by atoms with van der Waals surface area (Å²) >= 11 is 0. The summed E-state index contributed by atoms with van der Waals surface area (Å²) in [6.45, 7) is 2.52. The fourth-order valence-corrected chi connectivity index (χ4v) is 3.89. The maximum Gasteiger partial charge on any atom is 0.315 e. The zero-order chi connectivity index (χ0) is 21.3. The number of hydrogen-bond donors (Lipinski definition) is 3. The fourth-order valence-electron chi connectivity index (χ4n) is 3.89. The average molecular weight is 406 g/mol. The molecule has 1 aliphatic heterocycles. The number of nitrogens with one attached hydrogen (secondary N) is 2. The van der Waals surface area contributed by atoms with Gasteiger partial charge in [0, 0.05) is 18.1 Å². The van der Waals surface area contributed by atoms with Crippen molar-refractivity contribution in [2.24, 2.45) is 11.7 Å². The van der Waals surface area contributed by atoms with Gasteiger partial charge >= 0.3 is 11.8 Å². The van der Waals surface area contributed by atoms with Gasteiger partial charge in [0.1, 0.15) is 5.82 Å². The van der Waals surface area contributed by atoms with Crippen LogP contribution in [0.25, 0.3) is 10.9 Å². The van der Waals surface area contributed by atoms with Gasteiger partial charge in [-0.25, -0.2) is 4.98 Å². The highest BCUT2D eigenvalue weighted by Crippen LogP contribution is 2.34. The molecule has 1 aliphatic rings. The molecule has 30 heavy (non-hydrogen) atoms.